The zero-order chi connectivity index (χ0) is 26.9. The maximum atomic E-state index is 13.8. The standard InChI is InChI=1S/C30H31Cl3N2O3/c31-22-11-7-14-24(18-22)38-20-29(36)35(19-25-26(32)15-8-16-27(25)33)28(17-21-9-3-1-4-10-21)30(37)34-23-12-5-2-6-13-23/h1,3-4,7-11,14-16,18,23,28H,2,5-6,12-13,17,19-20H2,(H,34,37)/t28-/m1/s1. The van der Waals surface area contributed by atoms with Gasteiger partial charge in [-0.15, -0.1) is 0 Å². The lowest BCUT2D eigenvalue weighted by atomic mass is 9.94. The van der Waals surface area contributed by atoms with Crippen LogP contribution in [0.1, 0.15) is 43.2 Å². The Morgan fingerprint density at radius 1 is 0.895 bits per heavy atom. The predicted molar refractivity (Wildman–Crippen MR) is 153 cm³/mol. The van der Waals surface area contributed by atoms with Crippen LogP contribution in [0.15, 0.2) is 72.8 Å². The topological polar surface area (TPSA) is 58.6 Å². The van der Waals surface area contributed by atoms with Crippen LogP contribution in [0, 0.1) is 0 Å². The van der Waals surface area contributed by atoms with Crippen molar-refractivity contribution in [3.8, 4) is 5.75 Å². The molecule has 5 nitrogen and oxygen atoms in total. The van der Waals surface area contributed by atoms with Crippen LogP contribution < -0.4 is 10.1 Å². The molecule has 0 radical (unpaired) electrons. The van der Waals surface area contributed by atoms with Gasteiger partial charge in [-0.3, -0.25) is 9.59 Å². The van der Waals surface area contributed by atoms with Gasteiger partial charge in [-0.05, 0) is 48.7 Å². The fourth-order valence-corrected chi connectivity index (χ4v) is 5.43. The Balaban J connectivity index is 1.65. The van der Waals surface area contributed by atoms with Gasteiger partial charge in [0.2, 0.25) is 5.91 Å². The smallest absolute Gasteiger partial charge is 0.261 e. The van der Waals surface area contributed by atoms with E-state index in [0.29, 0.717) is 32.8 Å². The average molecular weight is 574 g/mol. The van der Waals surface area contributed by atoms with E-state index in [2.05, 4.69) is 5.32 Å². The Bertz CT molecular complexity index is 1210. The van der Waals surface area contributed by atoms with E-state index in [-0.39, 0.29) is 31.0 Å². The number of benzene rings is 3. The molecule has 1 aliphatic carbocycles. The number of hydrogen-bond acceptors (Lipinski definition) is 3. The van der Waals surface area contributed by atoms with Crippen molar-refractivity contribution >= 4 is 46.6 Å². The normalized spacial score (nSPS) is 14.5. The quantitative estimate of drug-likeness (QED) is 0.281. The zero-order valence-electron chi connectivity index (χ0n) is 21.0. The van der Waals surface area contributed by atoms with E-state index in [4.69, 9.17) is 39.5 Å². The van der Waals surface area contributed by atoms with Gasteiger partial charge in [-0.2, -0.15) is 0 Å². The van der Waals surface area contributed by atoms with Crippen molar-refractivity contribution in [2.45, 2.75) is 57.2 Å². The summed E-state index contributed by atoms with van der Waals surface area (Å²) in [6.45, 7) is -0.212. The Morgan fingerprint density at radius 3 is 2.26 bits per heavy atom. The summed E-state index contributed by atoms with van der Waals surface area (Å²) in [6, 6.07) is 21.0. The summed E-state index contributed by atoms with van der Waals surface area (Å²) in [5.74, 6) is -0.0893. The molecule has 0 bridgehead atoms. The fraction of sp³-hybridized carbons (Fsp3) is 0.333. The van der Waals surface area contributed by atoms with Gasteiger partial charge in [0.25, 0.3) is 5.91 Å². The van der Waals surface area contributed by atoms with Crippen molar-refractivity contribution < 1.29 is 14.3 Å². The second-order valence-electron chi connectivity index (χ2n) is 9.52. The van der Waals surface area contributed by atoms with Crippen LogP contribution in [-0.4, -0.2) is 35.4 Å². The van der Waals surface area contributed by atoms with E-state index in [9.17, 15) is 9.59 Å². The van der Waals surface area contributed by atoms with Crippen LogP contribution in [0.2, 0.25) is 15.1 Å². The molecule has 3 aromatic rings. The second kappa shape index (κ2) is 13.9. The first kappa shape index (κ1) is 28.3. The summed E-state index contributed by atoms with van der Waals surface area (Å²) < 4.78 is 5.78. The SMILES string of the molecule is O=C(NC1CCCCC1)[C@@H](Cc1ccccc1)N(Cc1c(Cl)cccc1Cl)C(=O)COc1cccc(Cl)c1. The first-order valence-corrected chi connectivity index (χ1v) is 14.0. The van der Waals surface area contributed by atoms with Crippen molar-refractivity contribution in [1.29, 1.82) is 0 Å². The molecule has 4 rings (SSSR count). The van der Waals surface area contributed by atoms with Crippen LogP contribution in [0.4, 0.5) is 0 Å². The molecule has 0 aromatic heterocycles. The van der Waals surface area contributed by atoms with E-state index >= 15 is 0 Å². The minimum Gasteiger partial charge on any atom is -0.484 e. The van der Waals surface area contributed by atoms with Crippen molar-refractivity contribution in [3.05, 3.63) is 99.0 Å². The molecule has 1 atom stereocenters. The first-order chi connectivity index (χ1) is 18.4. The Hall–Kier alpha value is -2.73. The van der Waals surface area contributed by atoms with Crippen LogP contribution in [0.3, 0.4) is 0 Å². The van der Waals surface area contributed by atoms with Gasteiger partial charge in [-0.1, -0.05) is 96.5 Å². The molecule has 200 valence electrons. The van der Waals surface area contributed by atoms with Crippen molar-refractivity contribution in [3.63, 3.8) is 0 Å². The molecular formula is C30H31Cl3N2O3. The van der Waals surface area contributed by atoms with E-state index < -0.39 is 6.04 Å². The third-order valence-electron chi connectivity index (χ3n) is 6.77. The largest absolute Gasteiger partial charge is 0.484 e. The molecule has 1 aliphatic rings. The Labute approximate surface area is 239 Å². The van der Waals surface area contributed by atoms with E-state index in [1.165, 1.54) is 11.3 Å². The lowest BCUT2D eigenvalue weighted by molar-refractivity contribution is -0.143. The van der Waals surface area contributed by atoms with Gasteiger partial charge in [0.05, 0.1) is 0 Å². The zero-order valence-corrected chi connectivity index (χ0v) is 23.3. The molecule has 0 spiro atoms. The third-order valence-corrected chi connectivity index (χ3v) is 7.71. The Morgan fingerprint density at radius 2 is 1.58 bits per heavy atom. The molecule has 2 amide bonds. The maximum absolute atomic E-state index is 13.8. The number of ether oxygens (including phenoxy) is 1. The maximum Gasteiger partial charge on any atom is 0.261 e. The molecular weight excluding hydrogens is 543 g/mol. The lowest BCUT2D eigenvalue weighted by Gasteiger charge is -2.33. The highest BCUT2D eigenvalue weighted by Gasteiger charge is 2.33. The summed E-state index contributed by atoms with van der Waals surface area (Å²) in [7, 11) is 0. The highest BCUT2D eigenvalue weighted by atomic mass is 35.5. The molecule has 1 N–H and O–H groups in total. The molecule has 1 saturated carbocycles. The predicted octanol–water partition coefficient (Wildman–Crippen LogP) is 7.11. The summed E-state index contributed by atoms with van der Waals surface area (Å²) in [5, 5.41) is 4.57. The van der Waals surface area contributed by atoms with Gasteiger partial charge in [0, 0.05) is 39.6 Å². The molecule has 0 aliphatic heterocycles. The van der Waals surface area contributed by atoms with Crippen molar-refractivity contribution in [2.24, 2.45) is 0 Å². The van der Waals surface area contributed by atoms with Crippen molar-refractivity contribution in [2.75, 3.05) is 6.61 Å². The van der Waals surface area contributed by atoms with Crippen LogP contribution in [-0.2, 0) is 22.6 Å². The number of rotatable bonds is 10. The first-order valence-electron chi connectivity index (χ1n) is 12.9. The summed E-state index contributed by atoms with van der Waals surface area (Å²) in [5.41, 5.74) is 1.52. The molecule has 0 unspecified atom stereocenters. The third kappa shape index (κ3) is 7.89. The minimum absolute atomic E-state index is 0.0613. The molecule has 38 heavy (non-hydrogen) atoms. The van der Waals surface area contributed by atoms with Crippen molar-refractivity contribution in [1.82, 2.24) is 10.2 Å². The number of nitrogens with one attached hydrogen (secondary N) is 1. The molecule has 1 fully saturated rings. The summed E-state index contributed by atoms with van der Waals surface area (Å²) >= 11 is 19.1. The number of carbonyl (C=O) groups excluding carboxylic acids is 2. The molecule has 3 aromatic carbocycles. The highest BCUT2D eigenvalue weighted by Crippen LogP contribution is 2.28. The van der Waals surface area contributed by atoms with Gasteiger partial charge in [0.15, 0.2) is 6.61 Å². The number of nitrogens with zero attached hydrogens (tertiary/aromatic N) is 1. The summed E-state index contributed by atoms with van der Waals surface area (Å²) in [6.07, 6.45) is 5.55. The second-order valence-corrected chi connectivity index (χ2v) is 10.8. The fourth-order valence-electron chi connectivity index (χ4n) is 4.74. The van der Waals surface area contributed by atoms with Gasteiger partial charge < -0.3 is 15.0 Å². The van der Waals surface area contributed by atoms with Crippen LogP contribution >= 0.6 is 34.8 Å². The number of amides is 2. The lowest BCUT2D eigenvalue weighted by Crippen LogP contribution is -2.53. The monoisotopic (exact) mass is 572 g/mol. The highest BCUT2D eigenvalue weighted by molar-refractivity contribution is 6.36. The molecule has 8 heteroatoms. The Kier molecular flexibility index (Phi) is 10.3. The molecule has 0 saturated heterocycles. The number of hydrogen-bond donors (Lipinski definition) is 1. The van der Waals surface area contributed by atoms with Crippen LogP contribution in [0.5, 0.6) is 5.75 Å². The van der Waals surface area contributed by atoms with Gasteiger partial charge in [-0.25, -0.2) is 0 Å². The summed E-state index contributed by atoms with van der Waals surface area (Å²) in [4.78, 5) is 29.1. The number of carbonyl (C=O) groups is 2. The number of halogens is 3. The average Bonchev–Trinajstić information content (AvgIpc) is 2.92. The minimum atomic E-state index is -0.790. The van der Waals surface area contributed by atoms with Gasteiger partial charge in [0.1, 0.15) is 11.8 Å². The van der Waals surface area contributed by atoms with E-state index in [0.717, 1.165) is 31.2 Å². The van der Waals surface area contributed by atoms with Gasteiger partial charge >= 0.3 is 0 Å². The van der Waals surface area contributed by atoms with E-state index in [1.807, 2.05) is 30.3 Å². The molecule has 0 heterocycles. The van der Waals surface area contributed by atoms with Crippen LogP contribution in [0.25, 0.3) is 0 Å². The van der Waals surface area contributed by atoms with E-state index in [1.54, 1.807) is 42.5 Å².